The first-order chi connectivity index (χ1) is 10.5. The molecule has 0 aromatic heterocycles. The Kier molecular flexibility index (Phi) is 4.71. The van der Waals surface area contributed by atoms with Crippen molar-refractivity contribution < 1.29 is 9.53 Å². The number of amides is 1. The molecule has 2 heterocycles. The molecule has 3 atom stereocenters. The molecular formula is C17H23ClN2O2. The van der Waals surface area contributed by atoms with Gasteiger partial charge in [-0.05, 0) is 38.0 Å². The van der Waals surface area contributed by atoms with Gasteiger partial charge in [-0.15, -0.1) is 0 Å². The minimum atomic E-state index is -0.0169. The number of rotatable bonds is 4. The van der Waals surface area contributed by atoms with E-state index in [1.165, 1.54) is 5.56 Å². The zero-order valence-electron chi connectivity index (χ0n) is 13.1. The van der Waals surface area contributed by atoms with Gasteiger partial charge in [-0.1, -0.05) is 23.7 Å². The van der Waals surface area contributed by atoms with Crippen molar-refractivity contribution in [3.63, 3.8) is 0 Å². The topological polar surface area (TPSA) is 41.6 Å². The number of carbonyl (C=O) groups is 1. The molecule has 1 N–H and O–H groups in total. The third-order valence-corrected chi connectivity index (χ3v) is 4.53. The Hall–Kier alpha value is -1.10. The molecule has 2 aliphatic heterocycles. The first kappa shape index (κ1) is 15.8. The monoisotopic (exact) mass is 322 g/mol. The lowest BCUT2D eigenvalue weighted by atomic mass is 9.99. The molecule has 1 amide bonds. The molecule has 2 bridgehead atoms. The van der Waals surface area contributed by atoms with Crippen molar-refractivity contribution in [3.8, 4) is 0 Å². The van der Waals surface area contributed by atoms with Crippen LogP contribution in [0, 0.1) is 5.92 Å². The maximum atomic E-state index is 12.3. The van der Waals surface area contributed by atoms with Gasteiger partial charge in [0.2, 0.25) is 5.91 Å². The lowest BCUT2D eigenvalue weighted by Crippen LogP contribution is -2.45. The number of hydrogen-bond donors (Lipinski definition) is 1. The Morgan fingerprint density at radius 2 is 2.27 bits per heavy atom. The fourth-order valence-electron chi connectivity index (χ4n) is 3.43. The predicted molar refractivity (Wildman–Crippen MR) is 86.8 cm³/mol. The van der Waals surface area contributed by atoms with Gasteiger partial charge in [0.05, 0.1) is 18.1 Å². The fourth-order valence-corrected chi connectivity index (χ4v) is 3.64. The maximum absolute atomic E-state index is 12.3. The van der Waals surface area contributed by atoms with E-state index in [4.69, 9.17) is 16.3 Å². The number of carbonyl (C=O) groups excluding carboxylic acids is 1. The van der Waals surface area contributed by atoms with E-state index >= 15 is 0 Å². The van der Waals surface area contributed by atoms with Crippen molar-refractivity contribution in [2.24, 2.45) is 5.92 Å². The van der Waals surface area contributed by atoms with Gasteiger partial charge >= 0.3 is 0 Å². The van der Waals surface area contributed by atoms with Gasteiger partial charge < -0.3 is 10.1 Å². The number of likely N-dealkylation sites (tertiary alicyclic amines) is 1. The third-order valence-electron chi connectivity index (χ3n) is 4.30. The smallest absolute Gasteiger partial charge is 0.226 e. The first-order valence-corrected chi connectivity index (χ1v) is 8.31. The molecule has 22 heavy (non-hydrogen) atoms. The van der Waals surface area contributed by atoms with E-state index in [1.807, 2.05) is 32.0 Å². The first-order valence-electron chi connectivity index (χ1n) is 7.94. The highest BCUT2D eigenvalue weighted by molar-refractivity contribution is 6.30. The number of nitrogens with one attached hydrogen (secondary N) is 1. The number of nitrogens with zero attached hydrogens (tertiary/aromatic N) is 1. The average Bonchev–Trinajstić information content (AvgIpc) is 2.73. The Labute approximate surface area is 136 Å². The minimum Gasteiger partial charge on any atom is -0.371 e. The summed E-state index contributed by atoms with van der Waals surface area (Å²) in [6.45, 7) is 6.53. The van der Waals surface area contributed by atoms with Crippen molar-refractivity contribution in [2.45, 2.75) is 45.1 Å². The summed E-state index contributed by atoms with van der Waals surface area (Å²) < 4.78 is 5.98. The van der Waals surface area contributed by atoms with E-state index in [1.54, 1.807) is 0 Å². The quantitative estimate of drug-likeness (QED) is 0.926. The van der Waals surface area contributed by atoms with Crippen LogP contribution in [0.3, 0.4) is 0 Å². The SMILES string of the molecule is CC(C)NC(=O)[C@H]1C[C@@H]2CN(Cc3cccc(Cl)c3)C[C@H]1O2. The molecule has 4 nitrogen and oxygen atoms in total. The highest BCUT2D eigenvalue weighted by atomic mass is 35.5. The molecule has 5 heteroatoms. The van der Waals surface area contributed by atoms with Gasteiger partial charge in [0.25, 0.3) is 0 Å². The second-order valence-electron chi connectivity index (χ2n) is 6.63. The summed E-state index contributed by atoms with van der Waals surface area (Å²) in [5.74, 6) is 0.115. The molecule has 2 aliphatic rings. The van der Waals surface area contributed by atoms with E-state index in [9.17, 15) is 4.79 Å². The molecule has 0 saturated carbocycles. The number of fused-ring (bicyclic) bond motifs is 2. The van der Waals surface area contributed by atoms with Crippen LogP contribution in [-0.4, -0.2) is 42.1 Å². The Bertz CT molecular complexity index is 549. The molecule has 0 unspecified atom stereocenters. The van der Waals surface area contributed by atoms with Gasteiger partial charge in [-0.2, -0.15) is 0 Å². The molecule has 120 valence electrons. The van der Waals surface area contributed by atoms with Crippen LogP contribution in [0.25, 0.3) is 0 Å². The molecule has 3 rings (SSSR count). The summed E-state index contributed by atoms with van der Waals surface area (Å²) in [5.41, 5.74) is 1.21. The minimum absolute atomic E-state index is 0.0108. The van der Waals surface area contributed by atoms with E-state index in [2.05, 4.69) is 16.3 Å². The van der Waals surface area contributed by atoms with Crippen LogP contribution in [0.1, 0.15) is 25.8 Å². The van der Waals surface area contributed by atoms with Crippen molar-refractivity contribution in [1.82, 2.24) is 10.2 Å². The normalized spacial score (nSPS) is 28.1. The Balaban J connectivity index is 1.62. The standard InChI is InChI=1S/C17H23ClN2O2/c1-11(2)19-17(21)15-7-14-9-20(10-16(15)22-14)8-12-4-3-5-13(18)6-12/h3-6,11,14-16H,7-10H2,1-2H3,(H,19,21)/t14-,15+,16-/m1/s1. The highest BCUT2D eigenvalue weighted by Crippen LogP contribution is 2.32. The number of hydrogen-bond acceptors (Lipinski definition) is 3. The van der Waals surface area contributed by atoms with E-state index in [0.29, 0.717) is 0 Å². The average molecular weight is 323 g/mol. The molecule has 1 aromatic carbocycles. The summed E-state index contributed by atoms with van der Waals surface area (Å²) >= 11 is 6.05. The molecule has 0 spiro atoms. The van der Waals surface area contributed by atoms with Crippen LogP contribution in [0.4, 0.5) is 0 Å². The largest absolute Gasteiger partial charge is 0.371 e. The molecule has 2 saturated heterocycles. The van der Waals surface area contributed by atoms with Crippen LogP contribution >= 0.6 is 11.6 Å². The van der Waals surface area contributed by atoms with E-state index < -0.39 is 0 Å². The van der Waals surface area contributed by atoms with Crippen molar-refractivity contribution in [2.75, 3.05) is 13.1 Å². The molecule has 1 aromatic rings. The number of morpholine rings is 1. The van der Waals surface area contributed by atoms with Crippen LogP contribution < -0.4 is 5.32 Å². The lowest BCUT2D eigenvalue weighted by molar-refractivity contribution is -0.128. The molecular weight excluding hydrogens is 300 g/mol. The lowest BCUT2D eigenvalue weighted by Gasteiger charge is -2.32. The predicted octanol–water partition coefficient (Wildman–Crippen LogP) is 2.45. The van der Waals surface area contributed by atoms with Crippen LogP contribution in [0.5, 0.6) is 0 Å². The second-order valence-corrected chi connectivity index (χ2v) is 7.06. The maximum Gasteiger partial charge on any atom is 0.226 e. The summed E-state index contributed by atoms with van der Waals surface area (Å²) in [4.78, 5) is 14.6. The Morgan fingerprint density at radius 3 is 3.00 bits per heavy atom. The van der Waals surface area contributed by atoms with Crippen molar-refractivity contribution in [3.05, 3.63) is 34.9 Å². The number of benzene rings is 1. The Morgan fingerprint density at radius 1 is 1.45 bits per heavy atom. The van der Waals surface area contributed by atoms with E-state index in [0.717, 1.165) is 31.1 Å². The second kappa shape index (κ2) is 6.57. The number of ether oxygens (including phenoxy) is 1. The van der Waals surface area contributed by atoms with Crippen molar-refractivity contribution >= 4 is 17.5 Å². The third kappa shape index (κ3) is 3.62. The molecule has 0 aliphatic carbocycles. The number of halogens is 1. The highest BCUT2D eigenvalue weighted by Gasteiger charge is 2.44. The fraction of sp³-hybridized carbons (Fsp3) is 0.588. The van der Waals surface area contributed by atoms with Gasteiger partial charge in [-0.3, -0.25) is 9.69 Å². The van der Waals surface area contributed by atoms with Crippen LogP contribution in [-0.2, 0) is 16.1 Å². The van der Waals surface area contributed by atoms with Gasteiger partial charge in [0.15, 0.2) is 0 Å². The van der Waals surface area contributed by atoms with Crippen LogP contribution in [0.15, 0.2) is 24.3 Å². The van der Waals surface area contributed by atoms with Gasteiger partial charge in [0, 0.05) is 30.7 Å². The van der Waals surface area contributed by atoms with Crippen molar-refractivity contribution in [1.29, 1.82) is 0 Å². The summed E-state index contributed by atoms with van der Waals surface area (Å²) in [7, 11) is 0. The van der Waals surface area contributed by atoms with E-state index in [-0.39, 0.29) is 30.1 Å². The van der Waals surface area contributed by atoms with Gasteiger partial charge in [-0.25, -0.2) is 0 Å². The molecule has 2 fully saturated rings. The van der Waals surface area contributed by atoms with Gasteiger partial charge in [0.1, 0.15) is 0 Å². The summed E-state index contributed by atoms with van der Waals surface area (Å²) in [5, 5.41) is 3.78. The van der Waals surface area contributed by atoms with Crippen LogP contribution in [0.2, 0.25) is 5.02 Å². The molecule has 0 radical (unpaired) electrons. The summed E-state index contributed by atoms with van der Waals surface area (Å²) in [6, 6.07) is 8.13. The summed E-state index contributed by atoms with van der Waals surface area (Å²) in [6.07, 6.45) is 1.01. The zero-order chi connectivity index (χ0) is 15.7. The zero-order valence-corrected chi connectivity index (χ0v) is 13.8.